The van der Waals surface area contributed by atoms with Crippen LogP contribution in [0.3, 0.4) is 0 Å². The molecule has 1 heterocycles. The van der Waals surface area contributed by atoms with E-state index in [1.165, 1.54) is 0 Å². The molecule has 0 fully saturated rings. The second kappa shape index (κ2) is 24.2. The molecule has 0 spiro atoms. The number of ether oxygens (including phenoxy) is 4. The molecule has 5 rings (SSSR count). The van der Waals surface area contributed by atoms with Crippen LogP contribution in [0.1, 0.15) is 40.7 Å². The van der Waals surface area contributed by atoms with Crippen LogP contribution in [-0.4, -0.2) is 102 Å². The van der Waals surface area contributed by atoms with E-state index in [1.54, 1.807) is 41.3 Å². The monoisotopic (exact) mass is 792 g/mol. The van der Waals surface area contributed by atoms with Crippen LogP contribution in [0.5, 0.6) is 5.75 Å². The average Bonchev–Trinajstić information content (AvgIpc) is 3.23. The maximum atomic E-state index is 13.3. The number of fused-ring (bicyclic) bond motifs is 2. The number of amides is 3. The summed E-state index contributed by atoms with van der Waals surface area (Å²) in [5.41, 5.74) is 10.5. The summed E-state index contributed by atoms with van der Waals surface area (Å²) in [4.78, 5) is 39.9. The summed E-state index contributed by atoms with van der Waals surface area (Å²) in [6.07, 6.45) is 8.01. The zero-order valence-electron chi connectivity index (χ0n) is 32.7. The number of para-hydroxylation sites is 1. The summed E-state index contributed by atoms with van der Waals surface area (Å²) in [6, 6.07) is 19.5. The van der Waals surface area contributed by atoms with Gasteiger partial charge in [-0.15, -0.1) is 5.11 Å². The van der Waals surface area contributed by atoms with Gasteiger partial charge in [0.15, 0.2) is 0 Å². The third-order valence-corrected chi connectivity index (χ3v) is 9.17. The summed E-state index contributed by atoms with van der Waals surface area (Å²) >= 11 is 0. The van der Waals surface area contributed by atoms with E-state index >= 15 is 0 Å². The van der Waals surface area contributed by atoms with Crippen LogP contribution in [0.4, 0.5) is 17.1 Å². The molecule has 1 aliphatic carbocycles. The van der Waals surface area contributed by atoms with Crippen molar-refractivity contribution in [2.45, 2.75) is 25.7 Å². The minimum Gasteiger partial charge on any atom is -0.506 e. The molecule has 14 heteroatoms. The van der Waals surface area contributed by atoms with Crippen molar-refractivity contribution in [3.8, 4) is 17.6 Å². The molecule has 1 unspecified atom stereocenters. The quantitative estimate of drug-likeness (QED) is 0.0589. The molecule has 3 aromatic rings. The molecule has 58 heavy (non-hydrogen) atoms. The SMILES string of the molecule is NCCc1ccc(N=Nc2ccc(C(=O)NCCOCCOCCOCCOCCC(=O)NCCC(=O)N3CC4CC=CC=C4C#Cc4ccccc43)cc2)c(O)c1. The summed E-state index contributed by atoms with van der Waals surface area (Å²) in [7, 11) is 0. The van der Waals surface area contributed by atoms with Crippen molar-refractivity contribution in [1.29, 1.82) is 0 Å². The zero-order valence-corrected chi connectivity index (χ0v) is 32.7. The number of benzene rings is 3. The van der Waals surface area contributed by atoms with Gasteiger partial charge in [0, 0.05) is 55.1 Å². The van der Waals surface area contributed by atoms with E-state index in [0.29, 0.717) is 89.2 Å². The Labute approximate surface area is 339 Å². The number of nitrogens with zero attached hydrogens (tertiary/aromatic N) is 3. The molecule has 14 nitrogen and oxygen atoms in total. The van der Waals surface area contributed by atoms with Crippen molar-refractivity contribution in [3.63, 3.8) is 0 Å². The Morgan fingerprint density at radius 1 is 0.810 bits per heavy atom. The second-order valence-corrected chi connectivity index (χ2v) is 13.4. The maximum absolute atomic E-state index is 13.3. The van der Waals surface area contributed by atoms with Crippen molar-refractivity contribution in [2.24, 2.45) is 21.9 Å². The Morgan fingerprint density at radius 2 is 1.53 bits per heavy atom. The van der Waals surface area contributed by atoms with Gasteiger partial charge in [0.2, 0.25) is 11.8 Å². The molecule has 0 saturated heterocycles. The molecular weight excluding hydrogens is 741 g/mol. The van der Waals surface area contributed by atoms with E-state index in [1.807, 2.05) is 42.5 Å². The van der Waals surface area contributed by atoms with Gasteiger partial charge in [-0.3, -0.25) is 14.4 Å². The predicted molar refractivity (Wildman–Crippen MR) is 220 cm³/mol. The number of nitrogens with two attached hydrogens (primary N) is 1. The minimum absolute atomic E-state index is 0.0310. The Kier molecular flexibility index (Phi) is 18.1. The molecule has 0 aromatic heterocycles. The van der Waals surface area contributed by atoms with E-state index < -0.39 is 0 Å². The van der Waals surface area contributed by atoms with Crippen LogP contribution in [-0.2, 0) is 35.0 Å². The fourth-order valence-electron chi connectivity index (χ4n) is 6.07. The highest BCUT2D eigenvalue weighted by Gasteiger charge is 2.26. The highest BCUT2D eigenvalue weighted by atomic mass is 16.6. The standard InChI is InChI=1S/C44H52N6O8/c45-20-17-33-9-16-39(41(51)31-33)49-48-38-14-12-36(13-15-38)44(54)47-22-24-56-26-28-58-30-29-57-27-25-55-23-19-42(52)46-21-18-43(53)50-32-37-7-2-1-5-34(37)10-11-35-6-3-4-8-40(35)50/h1-6,8-9,12-16,31,37,51H,7,17-30,32,45H2,(H,46,52)(H,47,54). The molecule has 5 N–H and O–H groups in total. The van der Waals surface area contributed by atoms with Gasteiger partial charge in [-0.25, -0.2) is 0 Å². The predicted octanol–water partition coefficient (Wildman–Crippen LogP) is 4.90. The number of allylic oxidation sites excluding steroid dienone is 3. The lowest BCUT2D eigenvalue weighted by Gasteiger charge is -2.30. The van der Waals surface area contributed by atoms with Crippen molar-refractivity contribution >= 4 is 34.8 Å². The third kappa shape index (κ3) is 14.4. The molecule has 3 aromatic carbocycles. The smallest absolute Gasteiger partial charge is 0.251 e. The summed E-state index contributed by atoms with van der Waals surface area (Å²) in [5, 5.41) is 24.0. The van der Waals surface area contributed by atoms with Crippen LogP contribution < -0.4 is 21.3 Å². The number of phenols is 1. The Morgan fingerprint density at radius 3 is 2.28 bits per heavy atom. The first-order valence-electron chi connectivity index (χ1n) is 19.6. The van der Waals surface area contributed by atoms with E-state index in [-0.39, 0.29) is 55.4 Å². The van der Waals surface area contributed by atoms with Gasteiger partial charge in [0.25, 0.3) is 5.91 Å². The first-order chi connectivity index (χ1) is 28.4. The molecule has 0 radical (unpaired) electrons. The Hall–Kier alpha value is -5.69. The average molecular weight is 793 g/mol. The van der Waals surface area contributed by atoms with Crippen LogP contribution >= 0.6 is 0 Å². The highest BCUT2D eigenvalue weighted by Crippen LogP contribution is 2.30. The van der Waals surface area contributed by atoms with Gasteiger partial charge in [-0.2, -0.15) is 5.11 Å². The highest BCUT2D eigenvalue weighted by molar-refractivity contribution is 5.96. The van der Waals surface area contributed by atoms with E-state index in [4.69, 9.17) is 24.7 Å². The summed E-state index contributed by atoms with van der Waals surface area (Å²) < 4.78 is 22.1. The first kappa shape index (κ1) is 43.4. The topological polar surface area (TPSA) is 186 Å². The normalized spacial score (nSPS) is 14.4. The number of hydrogen-bond acceptors (Lipinski definition) is 11. The zero-order chi connectivity index (χ0) is 40.8. The van der Waals surface area contributed by atoms with Crippen LogP contribution in [0, 0.1) is 17.8 Å². The number of hydrogen-bond donors (Lipinski definition) is 4. The number of carbonyl (C=O) groups is 3. The molecule has 3 amide bonds. The third-order valence-electron chi connectivity index (χ3n) is 9.17. The Bertz CT molecular complexity index is 1970. The van der Waals surface area contributed by atoms with Gasteiger partial charge >= 0.3 is 0 Å². The van der Waals surface area contributed by atoms with Crippen LogP contribution in [0.2, 0.25) is 0 Å². The van der Waals surface area contributed by atoms with Gasteiger partial charge in [0.05, 0.1) is 64.2 Å². The minimum atomic E-state index is -0.236. The molecule has 0 saturated carbocycles. The largest absolute Gasteiger partial charge is 0.506 e. The number of phenolic OH excluding ortho intramolecular Hbond substituents is 1. The number of azo groups is 1. The lowest BCUT2D eigenvalue weighted by atomic mass is 9.89. The van der Waals surface area contributed by atoms with Crippen molar-refractivity contribution < 1.29 is 38.4 Å². The van der Waals surface area contributed by atoms with Crippen molar-refractivity contribution in [3.05, 3.63) is 107 Å². The summed E-state index contributed by atoms with van der Waals surface area (Å²) in [5.74, 6) is 6.23. The number of nitrogens with one attached hydrogen (secondary N) is 2. The van der Waals surface area contributed by atoms with Crippen molar-refractivity contribution in [2.75, 3.05) is 83.9 Å². The number of carbonyl (C=O) groups excluding carboxylic acids is 3. The van der Waals surface area contributed by atoms with Gasteiger partial charge in [-0.1, -0.05) is 48.3 Å². The van der Waals surface area contributed by atoms with E-state index in [0.717, 1.165) is 28.8 Å². The molecule has 2 aliphatic rings. The molecular formula is C44H52N6O8. The lowest BCUT2D eigenvalue weighted by Crippen LogP contribution is -2.39. The molecule has 1 aliphatic heterocycles. The van der Waals surface area contributed by atoms with Crippen molar-refractivity contribution in [1.82, 2.24) is 10.6 Å². The van der Waals surface area contributed by atoms with Gasteiger partial charge in [-0.05, 0) is 73.5 Å². The van der Waals surface area contributed by atoms with E-state index in [9.17, 15) is 19.5 Å². The number of aromatic hydroxyl groups is 1. The van der Waals surface area contributed by atoms with Crippen LogP contribution in [0.15, 0.2) is 101 Å². The van der Waals surface area contributed by atoms with Gasteiger partial charge < -0.3 is 45.3 Å². The Balaban J connectivity index is 0.823. The summed E-state index contributed by atoms with van der Waals surface area (Å²) in [6.45, 7) is 4.46. The fourth-order valence-corrected chi connectivity index (χ4v) is 6.07. The number of anilines is 1. The van der Waals surface area contributed by atoms with Gasteiger partial charge in [0.1, 0.15) is 11.4 Å². The molecule has 1 atom stereocenters. The lowest BCUT2D eigenvalue weighted by molar-refractivity contribution is -0.122. The second-order valence-electron chi connectivity index (χ2n) is 13.4. The molecule has 0 bridgehead atoms. The first-order valence-corrected chi connectivity index (χ1v) is 19.6. The van der Waals surface area contributed by atoms with Crippen LogP contribution in [0.25, 0.3) is 0 Å². The fraction of sp³-hybridized carbons (Fsp3) is 0.386. The molecule has 306 valence electrons. The maximum Gasteiger partial charge on any atom is 0.251 e. The van der Waals surface area contributed by atoms with E-state index in [2.05, 4.69) is 38.8 Å². The number of rotatable bonds is 23.